The number of carbonyl (C=O) groups excluding carboxylic acids is 1. The van der Waals surface area contributed by atoms with Crippen LogP contribution in [0.1, 0.15) is 47.5 Å². The minimum atomic E-state index is -3.00. The van der Waals surface area contributed by atoms with Gasteiger partial charge in [0.25, 0.3) is 5.91 Å². The molecule has 2 saturated heterocycles. The molecule has 3 aromatic rings. The second-order valence-corrected chi connectivity index (χ2v) is 10.7. The van der Waals surface area contributed by atoms with Crippen LogP contribution >= 0.6 is 0 Å². The summed E-state index contributed by atoms with van der Waals surface area (Å²) in [7, 11) is -3.00. The predicted molar refractivity (Wildman–Crippen MR) is 110 cm³/mol. The third-order valence-electron chi connectivity index (χ3n) is 6.54. The van der Waals surface area contributed by atoms with E-state index in [4.69, 9.17) is 5.73 Å². The number of halogens is 1. The maximum absolute atomic E-state index is 13.3. The highest BCUT2D eigenvalue weighted by molar-refractivity contribution is 7.93. The molecule has 3 N–H and O–H groups in total. The second kappa shape index (κ2) is 6.42. The quantitative estimate of drug-likeness (QED) is 0.683. The Labute approximate surface area is 168 Å². The highest BCUT2D eigenvalue weighted by Crippen LogP contribution is 2.47. The van der Waals surface area contributed by atoms with Gasteiger partial charge >= 0.3 is 0 Å². The monoisotopic (exact) mass is 412 g/mol. The Kier molecular flexibility index (Phi) is 4.07. The van der Waals surface area contributed by atoms with Crippen molar-refractivity contribution in [3.63, 3.8) is 0 Å². The van der Waals surface area contributed by atoms with Gasteiger partial charge in [-0.2, -0.15) is 0 Å². The average molecular weight is 412 g/mol. The van der Waals surface area contributed by atoms with E-state index in [1.807, 2.05) is 12.3 Å². The van der Waals surface area contributed by atoms with Crippen LogP contribution in [0.3, 0.4) is 0 Å². The number of carbonyl (C=O) groups is 1. The van der Waals surface area contributed by atoms with E-state index < -0.39 is 15.7 Å². The third kappa shape index (κ3) is 2.87. The molecule has 3 atom stereocenters. The summed E-state index contributed by atoms with van der Waals surface area (Å²) in [5, 5.41) is 0.337. The van der Waals surface area contributed by atoms with Gasteiger partial charge in [0.05, 0.1) is 21.6 Å². The van der Waals surface area contributed by atoms with Crippen molar-refractivity contribution in [2.45, 2.75) is 42.1 Å². The molecule has 5 nitrogen and oxygen atoms in total. The second-order valence-electron chi connectivity index (χ2n) is 8.14. The first kappa shape index (κ1) is 18.4. The van der Waals surface area contributed by atoms with E-state index >= 15 is 0 Å². The molecule has 0 spiro atoms. The summed E-state index contributed by atoms with van der Waals surface area (Å²) >= 11 is 0. The number of hydrogen-bond donors (Lipinski definition) is 2. The van der Waals surface area contributed by atoms with Gasteiger partial charge in [0.1, 0.15) is 5.82 Å². The summed E-state index contributed by atoms with van der Waals surface area (Å²) in [5.41, 5.74) is 9.26. The number of primary amides is 1. The van der Waals surface area contributed by atoms with Gasteiger partial charge in [0.15, 0.2) is 9.84 Å². The Balaban J connectivity index is 1.64. The summed E-state index contributed by atoms with van der Waals surface area (Å²) in [5.74, 6) is -0.751. The van der Waals surface area contributed by atoms with Crippen LogP contribution in [0.2, 0.25) is 0 Å². The Bertz CT molecular complexity index is 1210. The predicted octanol–water partition coefficient (Wildman–Crippen LogP) is 3.90. The van der Waals surface area contributed by atoms with E-state index in [9.17, 15) is 17.6 Å². The van der Waals surface area contributed by atoms with Crippen LogP contribution in [0.4, 0.5) is 4.39 Å². The lowest BCUT2D eigenvalue weighted by Crippen LogP contribution is -2.31. The minimum absolute atomic E-state index is 0.119. The lowest BCUT2D eigenvalue weighted by molar-refractivity contribution is 0.100. The maximum Gasteiger partial charge on any atom is 0.250 e. The summed E-state index contributed by atoms with van der Waals surface area (Å²) in [6.45, 7) is 0. The van der Waals surface area contributed by atoms with Crippen LogP contribution in [0.25, 0.3) is 22.0 Å². The van der Waals surface area contributed by atoms with Crippen molar-refractivity contribution in [2.75, 3.05) is 0 Å². The largest absolute Gasteiger partial charge is 0.366 e. The standard InChI is InChI=1S/C22H21FN2O3S/c23-15-3-1-12(2-4-15)13-9-18-20(11-25-21(18)19(10-13)22(24)26)14-7-16-5-6-17(8-14)29(16,27)28/h1-4,9-11,14,16-17,25H,5-8H2,(H2,24,26)/t14?,16-,17+. The first-order chi connectivity index (χ1) is 13.8. The van der Waals surface area contributed by atoms with Crippen LogP contribution in [-0.4, -0.2) is 29.8 Å². The molecule has 3 heterocycles. The number of H-pyrrole nitrogens is 1. The number of rotatable bonds is 3. The van der Waals surface area contributed by atoms with Crippen molar-refractivity contribution in [3.05, 3.63) is 59.5 Å². The zero-order chi connectivity index (χ0) is 20.3. The number of sulfone groups is 1. The number of hydrogen-bond acceptors (Lipinski definition) is 3. The molecule has 2 fully saturated rings. The summed E-state index contributed by atoms with van der Waals surface area (Å²) in [6.07, 6.45) is 4.57. The van der Waals surface area contributed by atoms with Gasteiger partial charge in [0, 0.05) is 11.6 Å². The number of amides is 1. The van der Waals surface area contributed by atoms with Crippen molar-refractivity contribution in [3.8, 4) is 11.1 Å². The normalized spacial score (nSPS) is 25.3. The fourth-order valence-corrected chi connectivity index (χ4v) is 7.53. The molecule has 29 heavy (non-hydrogen) atoms. The number of aromatic nitrogens is 1. The van der Waals surface area contributed by atoms with E-state index in [2.05, 4.69) is 4.98 Å². The topological polar surface area (TPSA) is 93.0 Å². The molecule has 7 heteroatoms. The Morgan fingerprint density at radius 3 is 2.31 bits per heavy atom. The highest BCUT2D eigenvalue weighted by Gasteiger charge is 2.47. The zero-order valence-corrected chi connectivity index (χ0v) is 16.5. The van der Waals surface area contributed by atoms with Gasteiger partial charge in [-0.1, -0.05) is 12.1 Å². The molecule has 5 rings (SSSR count). The number of benzene rings is 2. The SMILES string of the molecule is NC(=O)c1cc(-c2ccc(F)cc2)cc2c(C3C[C@H]4CC[C@@H](C3)S4(=O)=O)c[nH]c12. The lowest BCUT2D eigenvalue weighted by Gasteiger charge is -2.28. The van der Waals surface area contributed by atoms with Crippen LogP contribution in [0.5, 0.6) is 0 Å². The van der Waals surface area contributed by atoms with Crippen LogP contribution in [0, 0.1) is 5.82 Å². The van der Waals surface area contributed by atoms with Crippen LogP contribution in [0.15, 0.2) is 42.6 Å². The average Bonchev–Trinajstić information content (AvgIpc) is 3.12. The molecule has 0 saturated carbocycles. The molecule has 2 aliphatic rings. The fourth-order valence-electron chi connectivity index (χ4n) is 5.06. The van der Waals surface area contributed by atoms with E-state index in [1.54, 1.807) is 18.2 Å². The molecule has 1 unspecified atom stereocenters. The molecule has 1 amide bonds. The third-order valence-corrected chi connectivity index (χ3v) is 9.25. The highest BCUT2D eigenvalue weighted by atomic mass is 32.2. The van der Waals surface area contributed by atoms with Gasteiger partial charge in [-0.05, 0) is 72.6 Å². The summed E-state index contributed by atoms with van der Waals surface area (Å²) < 4.78 is 38.3. The maximum atomic E-state index is 13.3. The zero-order valence-electron chi connectivity index (χ0n) is 15.7. The van der Waals surface area contributed by atoms with Gasteiger partial charge < -0.3 is 10.7 Å². The molecule has 2 bridgehead atoms. The summed E-state index contributed by atoms with van der Waals surface area (Å²) in [6, 6.07) is 9.79. The molecular formula is C22H21FN2O3S. The molecular weight excluding hydrogens is 391 g/mol. The Morgan fingerprint density at radius 2 is 1.69 bits per heavy atom. The van der Waals surface area contributed by atoms with Crippen LogP contribution in [-0.2, 0) is 9.84 Å². The van der Waals surface area contributed by atoms with Crippen molar-refractivity contribution in [2.24, 2.45) is 5.73 Å². The van der Waals surface area contributed by atoms with Crippen molar-refractivity contribution >= 4 is 26.6 Å². The van der Waals surface area contributed by atoms with Crippen molar-refractivity contribution in [1.29, 1.82) is 0 Å². The number of nitrogens with one attached hydrogen (secondary N) is 1. The lowest BCUT2D eigenvalue weighted by atomic mass is 9.89. The smallest absolute Gasteiger partial charge is 0.250 e. The molecule has 0 aliphatic carbocycles. The first-order valence-corrected chi connectivity index (χ1v) is 11.4. The molecule has 0 radical (unpaired) electrons. The molecule has 1 aromatic heterocycles. The number of nitrogens with two attached hydrogens (primary N) is 1. The van der Waals surface area contributed by atoms with Crippen LogP contribution < -0.4 is 5.73 Å². The fraction of sp³-hybridized carbons (Fsp3) is 0.318. The Hall–Kier alpha value is -2.67. The van der Waals surface area contributed by atoms with E-state index in [1.165, 1.54) is 12.1 Å². The number of fused-ring (bicyclic) bond motifs is 3. The minimum Gasteiger partial charge on any atom is -0.366 e. The van der Waals surface area contributed by atoms with Crippen molar-refractivity contribution in [1.82, 2.24) is 4.98 Å². The Morgan fingerprint density at radius 1 is 1.03 bits per heavy atom. The van der Waals surface area contributed by atoms with Gasteiger partial charge in [-0.15, -0.1) is 0 Å². The van der Waals surface area contributed by atoms with Gasteiger partial charge in [-0.25, -0.2) is 12.8 Å². The van der Waals surface area contributed by atoms with Gasteiger partial charge in [-0.3, -0.25) is 4.79 Å². The van der Waals surface area contributed by atoms with E-state index in [0.29, 0.717) is 23.9 Å². The first-order valence-electron chi connectivity index (χ1n) is 9.78. The summed E-state index contributed by atoms with van der Waals surface area (Å²) in [4.78, 5) is 15.3. The molecule has 2 aliphatic heterocycles. The van der Waals surface area contributed by atoms with Gasteiger partial charge in [0.2, 0.25) is 0 Å². The van der Waals surface area contributed by atoms with E-state index in [0.717, 1.165) is 34.9 Å². The molecule has 2 aromatic carbocycles. The number of aromatic amines is 1. The van der Waals surface area contributed by atoms with Crippen molar-refractivity contribution < 1.29 is 17.6 Å². The molecule has 150 valence electrons. The van der Waals surface area contributed by atoms with E-state index in [-0.39, 0.29) is 22.2 Å².